The zero-order valence-electron chi connectivity index (χ0n) is 16.0. The van der Waals surface area contributed by atoms with E-state index in [1.54, 1.807) is 12.1 Å². The lowest BCUT2D eigenvalue weighted by Gasteiger charge is -2.28. The first-order valence-electron chi connectivity index (χ1n) is 9.40. The molecule has 2 aromatic carbocycles. The van der Waals surface area contributed by atoms with Crippen molar-refractivity contribution >= 4 is 38.3 Å². The van der Waals surface area contributed by atoms with Gasteiger partial charge in [0.1, 0.15) is 5.75 Å². The van der Waals surface area contributed by atoms with Crippen LogP contribution in [0.25, 0.3) is 10.2 Å². The number of morpholine rings is 1. The zero-order valence-corrected chi connectivity index (χ0v) is 16.8. The van der Waals surface area contributed by atoms with E-state index in [2.05, 4.69) is 27.3 Å². The highest BCUT2D eigenvalue weighted by Crippen LogP contribution is 2.30. The summed E-state index contributed by atoms with van der Waals surface area (Å²) in [6, 6.07) is 13.4. The second kappa shape index (κ2) is 8.16. The van der Waals surface area contributed by atoms with Gasteiger partial charge in [-0.15, -0.1) is 0 Å². The van der Waals surface area contributed by atoms with E-state index in [9.17, 15) is 4.79 Å². The molecule has 0 aliphatic carbocycles. The number of carbonyl (C=O) groups is 1. The molecule has 1 aromatic heterocycles. The van der Waals surface area contributed by atoms with Gasteiger partial charge in [0.2, 0.25) is 0 Å². The summed E-state index contributed by atoms with van der Waals surface area (Å²) in [7, 11) is 0. The molecule has 2 heterocycles. The van der Waals surface area contributed by atoms with Gasteiger partial charge in [-0.2, -0.15) is 0 Å². The van der Waals surface area contributed by atoms with E-state index in [1.165, 1.54) is 11.3 Å². The lowest BCUT2D eigenvalue weighted by molar-refractivity contribution is 0.102. The van der Waals surface area contributed by atoms with Crippen molar-refractivity contribution in [3.05, 3.63) is 48.0 Å². The maximum absolute atomic E-state index is 12.6. The lowest BCUT2D eigenvalue weighted by Crippen LogP contribution is -2.36. The van der Waals surface area contributed by atoms with Crippen LogP contribution in [0.5, 0.6) is 5.75 Å². The van der Waals surface area contributed by atoms with Crippen LogP contribution in [0.2, 0.25) is 0 Å². The van der Waals surface area contributed by atoms with E-state index < -0.39 is 0 Å². The summed E-state index contributed by atoms with van der Waals surface area (Å²) in [6.45, 7) is 7.20. The molecule has 4 rings (SSSR count). The van der Waals surface area contributed by atoms with E-state index >= 15 is 0 Å². The Hall–Kier alpha value is -2.64. The molecular weight excluding hydrogens is 374 g/mol. The molecule has 1 N–H and O–H groups in total. The largest absolute Gasteiger partial charge is 0.491 e. The van der Waals surface area contributed by atoms with Gasteiger partial charge in [0.05, 0.1) is 29.5 Å². The van der Waals surface area contributed by atoms with E-state index in [0.29, 0.717) is 16.4 Å². The van der Waals surface area contributed by atoms with E-state index in [4.69, 9.17) is 9.47 Å². The number of hydrogen-bond acceptors (Lipinski definition) is 6. The van der Waals surface area contributed by atoms with Crippen LogP contribution in [0.3, 0.4) is 0 Å². The van der Waals surface area contributed by atoms with Crippen LogP contribution in [-0.2, 0) is 4.74 Å². The number of amides is 1. The van der Waals surface area contributed by atoms with Gasteiger partial charge < -0.3 is 14.4 Å². The molecule has 6 nitrogen and oxygen atoms in total. The summed E-state index contributed by atoms with van der Waals surface area (Å²) in [5, 5.41) is 3.50. The Morgan fingerprint density at radius 2 is 2.04 bits per heavy atom. The first kappa shape index (κ1) is 18.7. The Bertz CT molecular complexity index is 980. The van der Waals surface area contributed by atoms with Gasteiger partial charge in [0.25, 0.3) is 5.91 Å². The number of anilines is 2. The Morgan fingerprint density at radius 3 is 2.82 bits per heavy atom. The molecular formula is C21H23N3O3S. The molecule has 0 atom stereocenters. The highest BCUT2D eigenvalue weighted by molar-refractivity contribution is 7.22. The predicted octanol–water partition coefficient (Wildman–Crippen LogP) is 4.17. The second-order valence-corrected chi connectivity index (χ2v) is 7.95. The fraction of sp³-hybridized carbons (Fsp3) is 0.333. The van der Waals surface area contributed by atoms with Crippen LogP contribution < -0.4 is 15.0 Å². The Balaban J connectivity index is 1.50. The molecule has 7 heteroatoms. The van der Waals surface area contributed by atoms with E-state index in [1.807, 2.05) is 32.0 Å². The standard InChI is InChI=1S/C21H23N3O3S/c1-14(2)27-17-5-3-4-15(12-17)20(25)23-21-22-18-7-6-16(13-19(18)28-21)24-8-10-26-11-9-24/h3-7,12-14H,8-11H2,1-2H3,(H,22,23,25). The van der Waals surface area contributed by atoms with Crippen molar-refractivity contribution in [3.8, 4) is 5.75 Å². The zero-order chi connectivity index (χ0) is 19.5. The van der Waals surface area contributed by atoms with Crippen LogP contribution >= 0.6 is 11.3 Å². The quantitative estimate of drug-likeness (QED) is 0.700. The minimum absolute atomic E-state index is 0.0586. The summed E-state index contributed by atoms with van der Waals surface area (Å²) in [5.74, 6) is 0.490. The molecule has 3 aromatic rings. The Kier molecular flexibility index (Phi) is 5.45. The average molecular weight is 398 g/mol. The molecule has 0 saturated carbocycles. The summed E-state index contributed by atoms with van der Waals surface area (Å²) >= 11 is 1.48. The number of carbonyl (C=O) groups excluding carboxylic acids is 1. The Labute approximate surface area is 168 Å². The smallest absolute Gasteiger partial charge is 0.257 e. The third kappa shape index (κ3) is 4.26. The second-order valence-electron chi connectivity index (χ2n) is 6.92. The van der Waals surface area contributed by atoms with Gasteiger partial charge in [-0.05, 0) is 50.2 Å². The van der Waals surface area contributed by atoms with Crippen LogP contribution in [0.15, 0.2) is 42.5 Å². The van der Waals surface area contributed by atoms with Crippen LogP contribution in [0.1, 0.15) is 24.2 Å². The first-order valence-corrected chi connectivity index (χ1v) is 10.2. The van der Waals surface area contributed by atoms with Crippen molar-refractivity contribution in [1.29, 1.82) is 0 Å². The van der Waals surface area contributed by atoms with Crippen LogP contribution in [-0.4, -0.2) is 43.3 Å². The number of thiazole rings is 1. The number of hydrogen-bond donors (Lipinski definition) is 1. The number of ether oxygens (including phenoxy) is 2. The number of nitrogens with zero attached hydrogens (tertiary/aromatic N) is 2. The monoisotopic (exact) mass is 397 g/mol. The number of benzene rings is 2. The molecule has 1 amide bonds. The minimum Gasteiger partial charge on any atom is -0.491 e. The molecule has 0 unspecified atom stereocenters. The first-order chi connectivity index (χ1) is 13.6. The summed E-state index contributed by atoms with van der Waals surface area (Å²) in [5.41, 5.74) is 2.59. The molecule has 0 spiro atoms. The van der Waals surface area contributed by atoms with E-state index in [-0.39, 0.29) is 12.0 Å². The molecule has 1 aliphatic heterocycles. The molecule has 1 fully saturated rings. The molecule has 1 aliphatic rings. The van der Waals surface area contributed by atoms with Gasteiger partial charge in [0, 0.05) is 24.3 Å². The SMILES string of the molecule is CC(C)Oc1cccc(C(=O)Nc2nc3ccc(N4CCOCC4)cc3s2)c1. The van der Waals surface area contributed by atoms with Crippen molar-refractivity contribution in [2.24, 2.45) is 0 Å². The average Bonchev–Trinajstić information content (AvgIpc) is 3.09. The predicted molar refractivity (Wildman–Crippen MR) is 113 cm³/mol. The van der Waals surface area contributed by atoms with Gasteiger partial charge in [-0.3, -0.25) is 10.1 Å². The fourth-order valence-electron chi connectivity index (χ4n) is 3.14. The number of nitrogens with one attached hydrogen (secondary N) is 1. The summed E-state index contributed by atoms with van der Waals surface area (Å²) in [6.07, 6.45) is 0.0586. The van der Waals surface area contributed by atoms with Gasteiger partial charge in [-0.25, -0.2) is 4.98 Å². The van der Waals surface area contributed by atoms with Gasteiger partial charge in [-0.1, -0.05) is 17.4 Å². The Morgan fingerprint density at radius 1 is 1.21 bits per heavy atom. The summed E-state index contributed by atoms with van der Waals surface area (Å²) < 4.78 is 12.1. The third-order valence-electron chi connectivity index (χ3n) is 4.44. The molecule has 0 bridgehead atoms. The van der Waals surface area contributed by atoms with Crippen molar-refractivity contribution in [2.45, 2.75) is 20.0 Å². The topological polar surface area (TPSA) is 63.7 Å². The van der Waals surface area contributed by atoms with Gasteiger partial charge in [0.15, 0.2) is 5.13 Å². The van der Waals surface area contributed by atoms with Crippen molar-refractivity contribution in [2.75, 3.05) is 36.5 Å². The normalized spacial score (nSPS) is 14.5. The van der Waals surface area contributed by atoms with Crippen LogP contribution in [0, 0.1) is 0 Å². The van der Waals surface area contributed by atoms with Crippen molar-refractivity contribution in [3.63, 3.8) is 0 Å². The van der Waals surface area contributed by atoms with Crippen LogP contribution in [0.4, 0.5) is 10.8 Å². The number of rotatable bonds is 5. The highest BCUT2D eigenvalue weighted by atomic mass is 32.1. The third-order valence-corrected chi connectivity index (χ3v) is 5.37. The fourth-order valence-corrected chi connectivity index (χ4v) is 4.03. The maximum atomic E-state index is 12.6. The van der Waals surface area contributed by atoms with Crippen molar-refractivity contribution in [1.82, 2.24) is 4.98 Å². The molecule has 28 heavy (non-hydrogen) atoms. The minimum atomic E-state index is -0.193. The number of aromatic nitrogens is 1. The van der Waals surface area contributed by atoms with Crippen molar-refractivity contribution < 1.29 is 14.3 Å². The number of fused-ring (bicyclic) bond motifs is 1. The molecule has 1 saturated heterocycles. The molecule has 146 valence electrons. The van der Waals surface area contributed by atoms with Gasteiger partial charge >= 0.3 is 0 Å². The molecule has 0 radical (unpaired) electrons. The highest BCUT2D eigenvalue weighted by Gasteiger charge is 2.14. The van der Waals surface area contributed by atoms with E-state index in [0.717, 1.165) is 42.2 Å². The lowest BCUT2D eigenvalue weighted by atomic mass is 10.2. The maximum Gasteiger partial charge on any atom is 0.257 e. The summed E-state index contributed by atoms with van der Waals surface area (Å²) in [4.78, 5) is 19.5.